The van der Waals surface area contributed by atoms with Crippen molar-refractivity contribution in [1.29, 1.82) is 0 Å². The molecule has 1 unspecified atom stereocenters. The number of rotatable bonds is 3. The van der Waals surface area contributed by atoms with Crippen molar-refractivity contribution in [2.24, 2.45) is 0 Å². The third-order valence-electron chi connectivity index (χ3n) is 1.80. The fourth-order valence-electron chi connectivity index (χ4n) is 1.09. The monoisotopic (exact) mass is 330 g/mol. The van der Waals surface area contributed by atoms with Crippen LogP contribution < -0.4 is 0 Å². The molecule has 0 aliphatic rings. The van der Waals surface area contributed by atoms with Crippen LogP contribution in [0, 0.1) is 5.82 Å². The van der Waals surface area contributed by atoms with Gasteiger partial charge < -0.3 is 0 Å². The van der Waals surface area contributed by atoms with Crippen LogP contribution in [0.5, 0.6) is 0 Å². The highest BCUT2D eigenvalue weighted by Gasteiger charge is 2.31. The van der Waals surface area contributed by atoms with Gasteiger partial charge in [0.05, 0.1) is 9.72 Å². The second-order valence-electron chi connectivity index (χ2n) is 3.17. The van der Waals surface area contributed by atoms with Gasteiger partial charge in [-0.15, -0.1) is 0 Å². The summed E-state index contributed by atoms with van der Waals surface area (Å²) in [7, 11) is 0. The lowest BCUT2D eigenvalue weighted by molar-refractivity contribution is -0.0329. The molecule has 0 amide bonds. The fourth-order valence-corrected chi connectivity index (χ4v) is 1.95. The molecule has 0 aromatic heterocycles. The van der Waals surface area contributed by atoms with Crippen molar-refractivity contribution in [1.82, 2.24) is 0 Å². The molecule has 1 atom stereocenters. The van der Waals surface area contributed by atoms with Gasteiger partial charge in [-0.05, 0) is 36.9 Å². The van der Waals surface area contributed by atoms with Gasteiger partial charge in [-0.1, -0.05) is 15.9 Å². The summed E-state index contributed by atoms with van der Waals surface area (Å²) in [5.41, 5.74) is -4.54. The Bertz CT molecular complexity index is 431. The molecule has 0 spiro atoms. The molecule has 0 bridgehead atoms. The molecule has 0 fully saturated rings. The second kappa shape index (κ2) is 5.39. The summed E-state index contributed by atoms with van der Waals surface area (Å²) in [4.78, 5) is 10.4. The number of halogens is 5. The zero-order chi connectivity index (χ0) is 13.2. The van der Waals surface area contributed by atoms with E-state index in [0.717, 1.165) is 18.2 Å². The zero-order valence-electron chi connectivity index (χ0n) is 8.52. The average molecular weight is 331 g/mol. The van der Waals surface area contributed by atoms with E-state index < -0.39 is 38.6 Å². The number of carbonyl (C=O) groups is 1. The van der Waals surface area contributed by atoms with E-state index in [2.05, 4.69) is 15.9 Å². The molecule has 0 heterocycles. The topological polar surface area (TPSA) is 17.1 Å². The first kappa shape index (κ1) is 14.5. The van der Waals surface area contributed by atoms with Crippen LogP contribution in [0.15, 0.2) is 23.1 Å². The van der Waals surface area contributed by atoms with E-state index in [4.69, 9.17) is 0 Å². The molecule has 94 valence electrons. The van der Waals surface area contributed by atoms with Gasteiger partial charge in [0.2, 0.25) is 0 Å². The number of benzene rings is 1. The number of hydrogen-bond donors (Lipinski definition) is 0. The van der Waals surface area contributed by atoms with E-state index in [-0.39, 0.29) is 5.56 Å². The van der Waals surface area contributed by atoms with Crippen LogP contribution in [0.1, 0.15) is 17.3 Å². The largest absolute Gasteiger partial charge is 0.446 e. The van der Waals surface area contributed by atoms with Crippen molar-refractivity contribution < 1.29 is 22.4 Å². The standard InChI is InChI=1S/C10H7BrF4OS/c1-5(11)9(16)6-2-3-7(12)8(4-6)17-10(13,14)15/h2-5H,1H3. The van der Waals surface area contributed by atoms with Crippen molar-refractivity contribution in [2.45, 2.75) is 22.2 Å². The van der Waals surface area contributed by atoms with Gasteiger partial charge >= 0.3 is 5.51 Å². The van der Waals surface area contributed by atoms with E-state index in [1.807, 2.05) is 0 Å². The van der Waals surface area contributed by atoms with E-state index in [9.17, 15) is 22.4 Å². The molecule has 1 aromatic carbocycles. The van der Waals surface area contributed by atoms with Crippen LogP contribution in [0.25, 0.3) is 0 Å². The lowest BCUT2D eigenvalue weighted by atomic mass is 10.1. The molecular weight excluding hydrogens is 324 g/mol. The van der Waals surface area contributed by atoms with Gasteiger partial charge in [-0.25, -0.2) is 4.39 Å². The lowest BCUT2D eigenvalue weighted by Gasteiger charge is -2.09. The summed E-state index contributed by atoms with van der Waals surface area (Å²) in [6, 6.07) is 2.93. The first-order valence-corrected chi connectivity index (χ1v) is 6.17. The summed E-state index contributed by atoms with van der Waals surface area (Å²) in [6.45, 7) is 1.54. The minimum Gasteiger partial charge on any atom is -0.293 e. The van der Waals surface area contributed by atoms with Crippen molar-refractivity contribution in [2.75, 3.05) is 0 Å². The van der Waals surface area contributed by atoms with Crippen LogP contribution >= 0.6 is 27.7 Å². The van der Waals surface area contributed by atoms with Gasteiger partial charge in [0.15, 0.2) is 5.78 Å². The Hall–Kier alpha value is -0.560. The Morgan fingerprint density at radius 2 is 2.00 bits per heavy atom. The molecule has 1 nitrogen and oxygen atoms in total. The molecule has 0 saturated carbocycles. The Morgan fingerprint density at radius 1 is 1.41 bits per heavy atom. The van der Waals surface area contributed by atoms with Crippen molar-refractivity contribution in [3.05, 3.63) is 29.6 Å². The van der Waals surface area contributed by atoms with E-state index in [1.165, 1.54) is 0 Å². The molecule has 0 aliphatic carbocycles. The SMILES string of the molecule is CC(Br)C(=O)c1ccc(F)c(SC(F)(F)F)c1. The van der Waals surface area contributed by atoms with Gasteiger partial charge in [0.25, 0.3) is 0 Å². The predicted octanol–water partition coefficient (Wildman–Crippen LogP) is 4.40. The predicted molar refractivity (Wildman–Crippen MR) is 61.0 cm³/mol. The van der Waals surface area contributed by atoms with Crippen molar-refractivity contribution >= 4 is 33.5 Å². The maximum Gasteiger partial charge on any atom is 0.446 e. The molecule has 1 rings (SSSR count). The molecule has 0 N–H and O–H groups in total. The summed E-state index contributed by atoms with van der Waals surface area (Å²) in [5, 5.41) is 0. The smallest absolute Gasteiger partial charge is 0.293 e. The lowest BCUT2D eigenvalue weighted by Crippen LogP contribution is -2.10. The number of Topliss-reactive ketones (excluding diaryl/α,β-unsaturated/α-hetero) is 1. The van der Waals surface area contributed by atoms with Gasteiger partial charge in [0, 0.05) is 5.56 Å². The maximum atomic E-state index is 13.1. The Balaban J connectivity index is 3.07. The molecule has 0 aliphatic heterocycles. The van der Waals surface area contributed by atoms with Crippen LogP contribution in [0.4, 0.5) is 17.6 Å². The van der Waals surface area contributed by atoms with Crippen molar-refractivity contribution in [3.63, 3.8) is 0 Å². The summed E-state index contributed by atoms with van der Waals surface area (Å²) in [5.74, 6) is -1.39. The highest BCUT2D eigenvalue weighted by Crippen LogP contribution is 2.38. The van der Waals surface area contributed by atoms with E-state index in [1.54, 1.807) is 6.92 Å². The Morgan fingerprint density at radius 3 is 2.47 bits per heavy atom. The Labute approximate surface area is 108 Å². The van der Waals surface area contributed by atoms with Crippen molar-refractivity contribution in [3.8, 4) is 0 Å². The summed E-state index contributed by atoms with van der Waals surface area (Å²) >= 11 is 2.44. The maximum absolute atomic E-state index is 13.1. The highest BCUT2D eigenvalue weighted by molar-refractivity contribution is 9.10. The molecule has 17 heavy (non-hydrogen) atoms. The van der Waals surface area contributed by atoms with Crippen LogP contribution in [-0.4, -0.2) is 16.1 Å². The Kier molecular flexibility index (Phi) is 4.60. The molecule has 1 aromatic rings. The van der Waals surface area contributed by atoms with Gasteiger partial charge in [-0.2, -0.15) is 13.2 Å². The molecule has 7 heteroatoms. The first-order valence-electron chi connectivity index (χ1n) is 4.44. The van der Waals surface area contributed by atoms with E-state index in [0.29, 0.717) is 0 Å². The summed E-state index contributed by atoms with van der Waals surface area (Å²) in [6.07, 6.45) is 0. The van der Waals surface area contributed by atoms with E-state index >= 15 is 0 Å². The fraction of sp³-hybridized carbons (Fsp3) is 0.300. The average Bonchev–Trinajstić information content (AvgIpc) is 2.18. The summed E-state index contributed by atoms with van der Waals surface area (Å²) < 4.78 is 49.5. The number of hydrogen-bond acceptors (Lipinski definition) is 2. The number of carbonyl (C=O) groups excluding carboxylic acids is 1. The first-order chi connectivity index (χ1) is 7.70. The van der Waals surface area contributed by atoms with Crippen LogP contribution in [0.2, 0.25) is 0 Å². The minimum atomic E-state index is -4.58. The third-order valence-corrected chi connectivity index (χ3v) is 2.98. The highest BCUT2D eigenvalue weighted by atomic mass is 79.9. The quantitative estimate of drug-likeness (QED) is 0.353. The van der Waals surface area contributed by atoms with Crippen LogP contribution in [0.3, 0.4) is 0 Å². The molecular formula is C10H7BrF4OS. The normalized spacial score (nSPS) is 13.5. The third kappa shape index (κ3) is 4.31. The minimum absolute atomic E-state index is 0.0440. The number of thioether (sulfide) groups is 1. The van der Waals surface area contributed by atoms with Gasteiger partial charge in [-0.3, -0.25) is 4.79 Å². The number of alkyl halides is 4. The van der Waals surface area contributed by atoms with Crippen LogP contribution in [-0.2, 0) is 0 Å². The molecule has 0 saturated heterocycles. The number of ketones is 1. The zero-order valence-corrected chi connectivity index (χ0v) is 10.9. The van der Waals surface area contributed by atoms with Gasteiger partial charge in [0.1, 0.15) is 5.82 Å². The second-order valence-corrected chi connectivity index (χ2v) is 5.65. The molecule has 0 radical (unpaired) electrons.